The fraction of sp³-hybridized carbons (Fsp3) is 0. The van der Waals surface area contributed by atoms with Crippen molar-refractivity contribution in [2.24, 2.45) is 0 Å². The summed E-state index contributed by atoms with van der Waals surface area (Å²) in [7, 11) is 2.04. The van der Waals surface area contributed by atoms with Crippen molar-refractivity contribution in [3.63, 3.8) is 0 Å². The molecule has 2 aromatic heterocycles. The summed E-state index contributed by atoms with van der Waals surface area (Å²) in [4.78, 5) is 8.73. The van der Waals surface area contributed by atoms with E-state index in [0.29, 0.717) is 0 Å². The van der Waals surface area contributed by atoms with E-state index in [4.69, 9.17) is 0 Å². The van der Waals surface area contributed by atoms with Crippen LogP contribution in [0.3, 0.4) is 0 Å². The molecule has 0 bridgehead atoms. The zero-order valence-corrected chi connectivity index (χ0v) is 9.59. The molecule has 0 N–H and O–H groups in total. The molecule has 2 heterocycles. The molecular weight excluding hydrogens is 207 g/mol. The molecule has 0 fully saturated rings. The maximum atomic E-state index is 4.46. The van der Waals surface area contributed by atoms with Crippen LogP contribution in [0.25, 0.3) is 22.0 Å². The summed E-state index contributed by atoms with van der Waals surface area (Å²) < 4.78 is 0. The van der Waals surface area contributed by atoms with Gasteiger partial charge in [-0.25, -0.2) is 0 Å². The molecule has 1 aromatic carbocycles. The zero-order chi connectivity index (χ0) is 11.7. The lowest BCUT2D eigenvalue weighted by Crippen LogP contribution is -2.02. The average Bonchev–Trinajstić information content (AvgIpc) is 2.39. The Morgan fingerprint density at radius 2 is 1.76 bits per heavy atom. The van der Waals surface area contributed by atoms with Gasteiger partial charge in [0.2, 0.25) is 0 Å². The molecule has 0 atom stereocenters. The fourth-order valence-corrected chi connectivity index (χ4v) is 1.95. The van der Waals surface area contributed by atoms with Crippen molar-refractivity contribution in [2.75, 3.05) is 0 Å². The normalized spacial score (nSPS) is 10.6. The Labute approximate surface area is 101 Å². The van der Waals surface area contributed by atoms with Crippen LogP contribution in [-0.4, -0.2) is 17.8 Å². The van der Waals surface area contributed by atoms with Gasteiger partial charge in [-0.2, -0.15) is 0 Å². The molecule has 17 heavy (non-hydrogen) atoms. The van der Waals surface area contributed by atoms with E-state index in [9.17, 15) is 0 Å². The van der Waals surface area contributed by atoms with Crippen molar-refractivity contribution in [2.45, 2.75) is 0 Å². The van der Waals surface area contributed by atoms with E-state index >= 15 is 0 Å². The lowest BCUT2D eigenvalue weighted by molar-refractivity contribution is 1.31. The summed E-state index contributed by atoms with van der Waals surface area (Å²) in [5.74, 6) is 0. The zero-order valence-electron chi connectivity index (χ0n) is 9.59. The van der Waals surface area contributed by atoms with Gasteiger partial charge in [0.25, 0.3) is 0 Å². The van der Waals surface area contributed by atoms with Crippen molar-refractivity contribution in [1.29, 1.82) is 0 Å². The molecule has 0 spiro atoms. The van der Waals surface area contributed by atoms with Gasteiger partial charge in [0.05, 0.1) is 5.69 Å². The van der Waals surface area contributed by atoms with Gasteiger partial charge >= 0.3 is 0 Å². The van der Waals surface area contributed by atoms with Crippen molar-refractivity contribution in [3.05, 3.63) is 55.0 Å². The van der Waals surface area contributed by atoms with E-state index in [2.05, 4.69) is 28.2 Å². The molecule has 3 rings (SSSR count). The van der Waals surface area contributed by atoms with E-state index in [1.165, 1.54) is 10.8 Å². The van der Waals surface area contributed by atoms with Gasteiger partial charge in [-0.15, -0.1) is 0 Å². The minimum absolute atomic E-state index is 0.972. The van der Waals surface area contributed by atoms with Crippen LogP contribution in [0.15, 0.2) is 55.0 Å². The van der Waals surface area contributed by atoms with Crippen LogP contribution in [0, 0.1) is 0 Å². The Balaban J connectivity index is 2.27. The number of aromatic nitrogens is 2. The fourth-order valence-electron chi connectivity index (χ4n) is 1.95. The summed E-state index contributed by atoms with van der Waals surface area (Å²) in [6.45, 7) is 0. The maximum absolute atomic E-state index is 4.46. The van der Waals surface area contributed by atoms with Crippen molar-refractivity contribution < 1.29 is 0 Å². The van der Waals surface area contributed by atoms with Crippen LogP contribution in [-0.2, 0) is 0 Å². The predicted molar refractivity (Wildman–Crippen MR) is 73.2 cm³/mol. The van der Waals surface area contributed by atoms with Crippen molar-refractivity contribution in [3.8, 4) is 11.3 Å². The minimum Gasteiger partial charge on any atom is -0.263 e. The quantitative estimate of drug-likeness (QED) is 0.579. The number of pyridine rings is 2. The highest BCUT2D eigenvalue weighted by Gasteiger charge is 2.04. The molecule has 0 unspecified atom stereocenters. The molecule has 3 heteroatoms. The van der Waals surface area contributed by atoms with Gasteiger partial charge in [-0.1, -0.05) is 35.8 Å². The Hall–Kier alpha value is -2.16. The van der Waals surface area contributed by atoms with Gasteiger partial charge in [0, 0.05) is 29.5 Å². The summed E-state index contributed by atoms with van der Waals surface area (Å²) >= 11 is 0. The first-order valence-corrected chi connectivity index (χ1v) is 5.60. The van der Waals surface area contributed by atoms with E-state index in [0.717, 1.165) is 16.6 Å². The highest BCUT2D eigenvalue weighted by molar-refractivity contribution is 6.32. The van der Waals surface area contributed by atoms with Gasteiger partial charge < -0.3 is 0 Å². The second kappa shape index (κ2) is 4.02. The first kappa shape index (κ1) is 10.0. The van der Waals surface area contributed by atoms with Gasteiger partial charge in [0.15, 0.2) is 0 Å². The SMILES string of the molecule is Bc1ccc(-c2cncc3ccccc23)nc1. The number of rotatable bonds is 1. The first-order chi connectivity index (χ1) is 8.34. The largest absolute Gasteiger partial charge is 0.263 e. The van der Waals surface area contributed by atoms with Gasteiger partial charge in [-0.05, 0) is 11.5 Å². The van der Waals surface area contributed by atoms with Crippen LogP contribution in [0.2, 0.25) is 0 Å². The van der Waals surface area contributed by atoms with Crippen molar-refractivity contribution in [1.82, 2.24) is 9.97 Å². The maximum Gasteiger partial charge on any atom is 0.141 e. The third kappa shape index (κ3) is 1.80. The molecule has 2 nitrogen and oxygen atoms in total. The number of nitrogens with zero attached hydrogens (tertiary/aromatic N) is 2. The molecule has 0 aliphatic rings. The first-order valence-electron chi connectivity index (χ1n) is 5.60. The Kier molecular flexibility index (Phi) is 2.37. The predicted octanol–water partition coefficient (Wildman–Crippen LogP) is 1.56. The van der Waals surface area contributed by atoms with Gasteiger partial charge in [0.1, 0.15) is 7.85 Å². The third-order valence-electron chi connectivity index (χ3n) is 2.86. The number of benzene rings is 1. The smallest absolute Gasteiger partial charge is 0.141 e. The van der Waals surface area contributed by atoms with E-state index in [-0.39, 0.29) is 0 Å². The number of hydrogen-bond acceptors (Lipinski definition) is 2. The third-order valence-corrected chi connectivity index (χ3v) is 2.86. The van der Waals surface area contributed by atoms with Crippen LogP contribution in [0.5, 0.6) is 0 Å². The molecule has 80 valence electrons. The molecule has 3 aromatic rings. The number of hydrogen-bond donors (Lipinski definition) is 0. The van der Waals surface area contributed by atoms with Gasteiger partial charge in [-0.3, -0.25) is 9.97 Å². The van der Waals surface area contributed by atoms with Crippen LogP contribution < -0.4 is 5.46 Å². The monoisotopic (exact) mass is 218 g/mol. The highest BCUT2D eigenvalue weighted by Crippen LogP contribution is 2.25. The van der Waals surface area contributed by atoms with Crippen LogP contribution in [0.4, 0.5) is 0 Å². The standard InChI is InChI=1S/C14H11BN2/c15-11-5-6-14(17-8-11)13-9-16-7-10-3-1-2-4-12(10)13/h1-9H,15H2. The second-order valence-corrected chi connectivity index (χ2v) is 4.13. The topological polar surface area (TPSA) is 25.8 Å². The van der Waals surface area contributed by atoms with Crippen LogP contribution in [0.1, 0.15) is 0 Å². The average molecular weight is 218 g/mol. The van der Waals surface area contributed by atoms with Crippen molar-refractivity contribution >= 4 is 24.1 Å². The molecule has 0 saturated carbocycles. The summed E-state index contributed by atoms with van der Waals surface area (Å²) in [6, 6.07) is 12.4. The lowest BCUT2D eigenvalue weighted by Gasteiger charge is -2.05. The van der Waals surface area contributed by atoms with E-state index < -0.39 is 0 Å². The Bertz CT molecular complexity index is 657. The Morgan fingerprint density at radius 3 is 2.59 bits per heavy atom. The molecule has 0 aliphatic heterocycles. The molecular formula is C14H11BN2. The molecule has 0 radical (unpaired) electrons. The summed E-state index contributed by atoms with van der Waals surface area (Å²) in [6.07, 6.45) is 5.64. The molecule has 0 aliphatic carbocycles. The lowest BCUT2D eigenvalue weighted by atomic mass is 9.97. The summed E-state index contributed by atoms with van der Waals surface area (Å²) in [5.41, 5.74) is 3.23. The van der Waals surface area contributed by atoms with Crippen LogP contribution >= 0.6 is 0 Å². The van der Waals surface area contributed by atoms with E-state index in [1.807, 2.05) is 44.6 Å². The summed E-state index contributed by atoms with van der Waals surface area (Å²) in [5, 5.41) is 2.34. The molecule has 0 saturated heterocycles. The highest BCUT2D eigenvalue weighted by atomic mass is 14.7. The Morgan fingerprint density at radius 1 is 0.882 bits per heavy atom. The minimum atomic E-state index is 0.972. The number of fused-ring (bicyclic) bond motifs is 1. The molecule has 0 amide bonds. The second-order valence-electron chi connectivity index (χ2n) is 4.13. The van der Waals surface area contributed by atoms with E-state index in [1.54, 1.807) is 0 Å².